The molecule has 0 bridgehead atoms. The molecule has 0 spiro atoms. The second kappa shape index (κ2) is 7.96. The average Bonchev–Trinajstić information content (AvgIpc) is 2.48. The molecule has 2 N–H and O–H groups in total. The van der Waals surface area contributed by atoms with Gasteiger partial charge >= 0.3 is 0 Å². The van der Waals surface area contributed by atoms with E-state index in [1.54, 1.807) is 0 Å². The number of amides is 1. The summed E-state index contributed by atoms with van der Waals surface area (Å²) in [6.07, 6.45) is 3.61. The fraction of sp³-hybridized carbons (Fsp3) is 0.933. The molecule has 20 heavy (non-hydrogen) atoms. The number of hydrogen-bond donors (Lipinski definition) is 2. The van der Waals surface area contributed by atoms with Crippen LogP contribution < -0.4 is 10.6 Å². The van der Waals surface area contributed by atoms with E-state index in [1.165, 1.54) is 25.9 Å². The number of rotatable bonds is 5. The van der Waals surface area contributed by atoms with Gasteiger partial charge in [0, 0.05) is 13.1 Å². The molecule has 2 saturated heterocycles. The molecule has 0 aliphatic carbocycles. The first-order valence-electron chi connectivity index (χ1n) is 8.05. The van der Waals surface area contributed by atoms with Crippen molar-refractivity contribution in [2.45, 2.75) is 45.3 Å². The third-order valence-electron chi connectivity index (χ3n) is 4.61. The van der Waals surface area contributed by atoms with Gasteiger partial charge in [-0.25, -0.2) is 0 Å². The third kappa shape index (κ3) is 4.43. The van der Waals surface area contributed by atoms with Gasteiger partial charge in [-0.15, -0.1) is 0 Å². The molecule has 0 unspecified atom stereocenters. The Balaban J connectivity index is 1.62. The van der Waals surface area contributed by atoms with Crippen LogP contribution in [-0.4, -0.2) is 62.3 Å². The minimum absolute atomic E-state index is 0.0310. The van der Waals surface area contributed by atoms with Gasteiger partial charge in [-0.3, -0.25) is 4.79 Å². The lowest BCUT2D eigenvalue weighted by Gasteiger charge is -2.32. The molecule has 2 atom stereocenters. The van der Waals surface area contributed by atoms with Gasteiger partial charge in [-0.2, -0.15) is 0 Å². The molecule has 2 aliphatic rings. The minimum Gasteiger partial charge on any atom is -0.375 e. The zero-order chi connectivity index (χ0) is 14.4. The number of nitrogens with one attached hydrogen (secondary N) is 2. The van der Waals surface area contributed by atoms with Crippen molar-refractivity contribution in [2.75, 3.05) is 39.3 Å². The van der Waals surface area contributed by atoms with E-state index in [0.29, 0.717) is 6.61 Å². The first-order valence-corrected chi connectivity index (χ1v) is 8.05. The molecular weight excluding hydrogens is 254 g/mol. The standard InChI is InChI=1S/C15H29N3O2/c1-3-18-9-5-13(6-10-18)4-7-17-15(19)14-12(2)20-11-8-16-14/h12-14,16H,3-11H2,1-2H3,(H,17,19)/t12-,14+/m1/s1. The normalized spacial score (nSPS) is 29.3. The van der Waals surface area contributed by atoms with Crippen molar-refractivity contribution >= 4 is 5.91 Å². The van der Waals surface area contributed by atoms with E-state index in [-0.39, 0.29) is 18.1 Å². The Morgan fingerprint density at radius 1 is 1.40 bits per heavy atom. The maximum absolute atomic E-state index is 12.1. The van der Waals surface area contributed by atoms with E-state index >= 15 is 0 Å². The summed E-state index contributed by atoms with van der Waals surface area (Å²) in [5, 5.41) is 6.29. The summed E-state index contributed by atoms with van der Waals surface area (Å²) in [4.78, 5) is 14.6. The van der Waals surface area contributed by atoms with Crippen LogP contribution in [0.5, 0.6) is 0 Å². The van der Waals surface area contributed by atoms with Crippen molar-refractivity contribution in [2.24, 2.45) is 5.92 Å². The van der Waals surface area contributed by atoms with Gasteiger partial charge in [0.2, 0.25) is 5.91 Å². The van der Waals surface area contributed by atoms with Gasteiger partial charge in [-0.05, 0) is 51.7 Å². The predicted molar refractivity (Wildman–Crippen MR) is 79.7 cm³/mol. The third-order valence-corrected chi connectivity index (χ3v) is 4.61. The quantitative estimate of drug-likeness (QED) is 0.776. The summed E-state index contributed by atoms with van der Waals surface area (Å²) < 4.78 is 5.50. The Bertz CT molecular complexity index is 303. The summed E-state index contributed by atoms with van der Waals surface area (Å²) in [5.74, 6) is 0.856. The number of carbonyl (C=O) groups excluding carboxylic acids is 1. The van der Waals surface area contributed by atoms with E-state index in [1.807, 2.05) is 6.92 Å². The molecule has 0 aromatic heterocycles. The molecule has 2 aliphatic heterocycles. The summed E-state index contributed by atoms with van der Waals surface area (Å²) in [7, 11) is 0. The van der Waals surface area contributed by atoms with Crippen molar-refractivity contribution < 1.29 is 9.53 Å². The van der Waals surface area contributed by atoms with Gasteiger partial charge in [-0.1, -0.05) is 6.92 Å². The van der Waals surface area contributed by atoms with Crippen molar-refractivity contribution in [1.29, 1.82) is 0 Å². The van der Waals surface area contributed by atoms with Crippen LogP contribution in [0.25, 0.3) is 0 Å². The van der Waals surface area contributed by atoms with Crippen LogP contribution in [0.1, 0.15) is 33.1 Å². The van der Waals surface area contributed by atoms with E-state index in [9.17, 15) is 4.79 Å². The largest absolute Gasteiger partial charge is 0.375 e. The summed E-state index contributed by atoms with van der Waals surface area (Å²) >= 11 is 0. The lowest BCUT2D eigenvalue weighted by Crippen LogP contribution is -2.55. The topological polar surface area (TPSA) is 53.6 Å². The van der Waals surface area contributed by atoms with Gasteiger partial charge < -0.3 is 20.3 Å². The Labute approximate surface area is 122 Å². The number of piperidine rings is 1. The number of likely N-dealkylation sites (tertiary alicyclic amines) is 1. The minimum atomic E-state index is -0.189. The smallest absolute Gasteiger partial charge is 0.239 e. The fourth-order valence-corrected chi connectivity index (χ4v) is 3.13. The zero-order valence-corrected chi connectivity index (χ0v) is 12.9. The van der Waals surface area contributed by atoms with Crippen LogP contribution in [0, 0.1) is 5.92 Å². The highest BCUT2D eigenvalue weighted by Crippen LogP contribution is 2.19. The Morgan fingerprint density at radius 2 is 2.15 bits per heavy atom. The fourth-order valence-electron chi connectivity index (χ4n) is 3.13. The van der Waals surface area contributed by atoms with Gasteiger partial charge in [0.1, 0.15) is 6.04 Å². The highest BCUT2D eigenvalue weighted by Gasteiger charge is 2.28. The second-order valence-electron chi connectivity index (χ2n) is 5.97. The van der Waals surface area contributed by atoms with E-state index < -0.39 is 0 Å². The first kappa shape index (κ1) is 15.7. The zero-order valence-electron chi connectivity index (χ0n) is 12.9. The molecule has 0 aromatic carbocycles. The Hall–Kier alpha value is -0.650. The van der Waals surface area contributed by atoms with Gasteiger partial charge in [0.05, 0.1) is 12.7 Å². The molecular formula is C15H29N3O2. The highest BCUT2D eigenvalue weighted by molar-refractivity contribution is 5.82. The summed E-state index contributed by atoms with van der Waals surface area (Å²) in [6, 6.07) is -0.189. The maximum Gasteiger partial charge on any atom is 0.239 e. The van der Waals surface area contributed by atoms with Crippen LogP contribution in [-0.2, 0) is 9.53 Å². The first-order chi connectivity index (χ1) is 9.70. The van der Waals surface area contributed by atoms with Crippen molar-refractivity contribution in [3.05, 3.63) is 0 Å². The van der Waals surface area contributed by atoms with Crippen LogP contribution in [0.4, 0.5) is 0 Å². The lowest BCUT2D eigenvalue weighted by molar-refractivity contribution is -0.128. The van der Waals surface area contributed by atoms with E-state index in [2.05, 4.69) is 22.5 Å². The molecule has 0 radical (unpaired) electrons. The molecule has 0 aromatic rings. The van der Waals surface area contributed by atoms with Crippen molar-refractivity contribution in [3.63, 3.8) is 0 Å². The molecule has 5 nitrogen and oxygen atoms in total. The average molecular weight is 283 g/mol. The molecule has 0 saturated carbocycles. The second-order valence-corrected chi connectivity index (χ2v) is 5.97. The molecule has 2 rings (SSSR count). The van der Waals surface area contributed by atoms with E-state index in [0.717, 1.165) is 32.0 Å². The van der Waals surface area contributed by atoms with Gasteiger partial charge in [0.15, 0.2) is 0 Å². The monoisotopic (exact) mass is 283 g/mol. The lowest BCUT2D eigenvalue weighted by atomic mass is 9.93. The Kier molecular flexibility index (Phi) is 6.26. The number of hydrogen-bond acceptors (Lipinski definition) is 4. The van der Waals surface area contributed by atoms with Crippen LogP contribution >= 0.6 is 0 Å². The number of nitrogens with zero attached hydrogens (tertiary/aromatic N) is 1. The van der Waals surface area contributed by atoms with Crippen molar-refractivity contribution in [3.8, 4) is 0 Å². The van der Waals surface area contributed by atoms with Crippen LogP contribution in [0.15, 0.2) is 0 Å². The number of carbonyl (C=O) groups is 1. The highest BCUT2D eigenvalue weighted by atomic mass is 16.5. The number of morpholine rings is 1. The maximum atomic E-state index is 12.1. The van der Waals surface area contributed by atoms with E-state index in [4.69, 9.17) is 4.74 Å². The molecule has 2 heterocycles. The summed E-state index contributed by atoms with van der Waals surface area (Å²) in [5.41, 5.74) is 0. The Morgan fingerprint density at radius 3 is 2.80 bits per heavy atom. The summed E-state index contributed by atoms with van der Waals surface area (Å²) in [6.45, 7) is 10.0. The molecule has 2 fully saturated rings. The SMILES string of the molecule is CCN1CCC(CCNC(=O)[C@H]2NCCO[C@@H]2C)CC1. The molecule has 5 heteroatoms. The number of ether oxygens (including phenoxy) is 1. The van der Waals surface area contributed by atoms with Crippen molar-refractivity contribution in [1.82, 2.24) is 15.5 Å². The van der Waals surface area contributed by atoms with Gasteiger partial charge in [0.25, 0.3) is 0 Å². The molecule has 116 valence electrons. The molecule has 1 amide bonds. The van der Waals surface area contributed by atoms with Crippen LogP contribution in [0.2, 0.25) is 0 Å². The van der Waals surface area contributed by atoms with Crippen LogP contribution in [0.3, 0.4) is 0 Å². The predicted octanol–water partition coefficient (Wildman–Crippen LogP) is 0.602.